The van der Waals surface area contributed by atoms with Crippen LogP contribution in [-0.4, -0.2) is 38.7 Å². The van der Waals surface area contributed by atoms with E-state index in [0.717, 1.165) is 29.6 Å². The van der Waals surface area contributed by atoms with Crippen molar-refractivity contribution in [3.05, 3.63) is 52.6 Å². The fraction of sp³-hybridized carbons (Fsp3) is 0.409. The Balaban J connectivity index is 1.83. The van der Waals surface area contributed by atoms with Crippen LogP contribution in [0, 0.1) is 17.3 Å². The lowest BCUT2D eigenvalue weighted by Crippen LogP contribution is -2.33. The van der Waals surface area contributed by atoms with Gasteiger partial charge in [0.1, 0.15) is 5.92 Å². The van der Waals surface area contributed by atoms with Crippen molar-refractivity contribution in [2.45, 2.75) is 19.8 Å². The van der Waals surface area contributed by atoms with Gasteiger partial charge in [0.25, 0.3) is 0 Å². The van der Waals surface area contributed by atoms with Gasteiger partial charge in [-0.25, -0.2) is 0 Å². The quantitative estimate of drug-likeness (QED) is 0.410. The summed E-state index contributed by atoms with van der Waals surface area (Å²) in [5, 5.41) is 0. The van der Waals surface area contributed by atoms with E-state index in [4.69, 9.17) is 14.2 Å². The van der Waals surface area contributed by atoms with Crippen LogP contribution in [0.1, 0.15) is 25.3 Å². The van der Waals surface area contributed by atoms with Crippen molar-refractivity contribution in [2.75, 3.05) is 20.8 Å². The van der Waals surface area contributed by atoms with Crippen LogP contribution in [0.15, 0.2) is 47.1 Å². The maximum absolute atomic E-state index is 12.8. The Hall–Kier alpha value is -2.89. The van der Waals surface area contributed by atoms with Crippen molar-refractivity contribution in [1.29, 1.82) is 0 Å². The molecule has 146 valence electrons. The van der Waals surface area contributed by atoms with Crippen molar-refractivity contribution in [3.8, 4) is 0 Å². The van der Waals surface area contributed by atoms with Crippen LogP contribution in [0.3, 0.4) is 0 Å². The second kappa shape index (κ2) is 6.62. The molecule has 0 N–H and O–H groups in total. The van der Waals surface area contributed by atoms with Gasteiger partial charge in [0, 0.05) is 0 Å². The molecule has 1 saturated carbocycles. The number of rotatable bonds is 7. The summed E-state index contributed by atoms with van der Waals surface area (Å²) < 4.78 is 15.2. The van der Waals surface area contributed by atoms with Crippen molar-refractivity contribution < 1.29 is 28.6 Å². The molecule has 3 aliphatic carbocycles. The van der Waals surface area contributed by atoms with Gasteiger partial charge in [0.15, 0.2) is 0 Å². The molecule has 1 unspecified atom stereocenters. The first-order valence-electron chi connectivity index (χ1n) is 9.42. The number of hydrogen-bond acceptors (Lipinski definition) is 6. The highest BCUT2D eigenvalue weighted by molar-refractivity contribution is 6.28. The normalized spacial score (nSPS) is 21.9. The Bertz CT molecular complexity index is 904. The molecule has 6 nitrogen and oxygen atoms in total. The number of hydrogen-bond donors (Lipinski definition) is 0. The molecule has 6 heteroatoms. The number of ether oxygens (including phenoxy) is 3. The van der Waals surface area contributed by atoms with E-state index < -0.39 is 23.3 Å². The van der Waals surface area contributed by atoms with Gasteiger partial charge in [-0.2, -0.15) is 0 Å². The van der Waals surface area contributed by atoms with E-state index >= 15 is 0 Å². The van der Waals surface area contributed by atoms with Crippen molar-refractivity contribution in [2.24, 2.45) is 17.3 Å². The SMILES string of the molecule is CCOC(=O)C1C(C2=C(c3ccccc3)C2(C(=O)OC)C(=O)OC)=C1C1CC1. The number of carbonyl (C=O) groups is 3. The Labute approximate surface area is 163 Å². The van der Waals surface area contributed by atoms with E-state index in [1.807, 2.05) is 30.3 Å². The van der Waals surface area contributed by atoms with Gasteiger partial charge in [0.2, 0.25) is 5.41 Å². The van der Waals surface area contributed by atoms with Gasteiger partial charge < -0.3 is 14.2 Å². The van der Waals surface area contributed by atoms with Crippen LogP contribution in [0.4, 0.5) is 0 Å². The zero-order valence-corrected chi connectivity index (χ0v) is 16.1. The fourth-order valence-corrected chi connectivity index (χ4v) is 4.23. The van der Waals surface area contributed by atoms with Gasteiger partial charge >= 0.3 is 17.9 Å². The molecule has 1 fully saturated rings. The number of carbonyl (C=O) groups excluding carboxylic acids is 3. The topological polar surface area (TPSA) is 78.9 Å². The predicted octanol–water partition coefficient (Wildman–Crippen LogP) is 2.69. The van der Waals surface area contributed by atoms with Gasteiger partial charge in [-0.05, 0) is 53.5 Å². The molecule has 0 radical (unpaired) electrons. The van der Waals surface area contributed by atoms with Crippen molar-refractivity contribution in [3.63, 3.8) is 0 Å². The van der Waals surface area contributed by atoms with Crippen molar-refractivity contribution >= 4 is 23.5 Å². The second-order valence-electron chi connectivity index (χ2n) is 7.18. The molecule has 0 amide bonds. The molecule has 0 aliphatic heterocycles. The maximum Gasteiger partial charge on any atom is 0.332 e. The summed E-state index contributed by atoms with van der Waals surface area (Å²) in [7, 11) is 2.50. The van der Waals surface area contributed by atoms with Crippen LogP contribution in [0.5, 0.6) is 0 Å². The van der Waals surface area contributed by atoms with Crippen LogP contribution in [-0.2, 0) is 28.6 Å². The van der Waals surface area contributed by atoms with E-state index in [2.05, 4.69) is 0 Å². The molecule has 0 bridgehead atoms. The molecular formula is C22H22O6. The molecule has 0 heterocycles. The highest BCUT2D eigenvalue weighted by atomic mass is 16.5. The zero-order chi connectivity index (χ0) is 20.1. The molecule has 1 atom stereocenters. The molecule has 0 saturated heterocycles. The first-order chi connectivity index (χ1) is 13.5. The Morgan fingerprint density at radius 2 is 1.61 bits per heavy atom. The summed E-state index contributed by atoms with van der Waals surface area (Å²) in [6.07, 6.45) is 2.01. The van der Waals surface area contributed by atoms with E-state index in [0.29, 0.717) is 17.1 Å². The smallest absolute Gasteiger partial charge is 0.332 e. The molecule has 4 rings (SSSR count). The largest absolute Gasteiger partial charge is 0.468 e. The van der Waals surface area contributed by atoms with E-state index in [1.165, 1.54) is 14.2 Å². The lowest BCUT2D eigenvalue weighted by Gasteiger charge is -2.15. The Kier molecular flexibility index (Phi) is 4.37. The lowest BCUT2D eigenvalue weighted by molar-refractivity contribution is -0.159. The van der Waals surface area contributed by atoms with Crippen LogP contribution >= 0.6 is 0 Å². The Morgan fingerprint density at radius 1 is 1.00 bits per heavy atom. The minimum atomic E-state index is -1.61. The molecule has 1 aromatic carbocycles. The van der Waals surface area contributed by atoms with Gasteiger partial charge in [-0.3, -0.25) is 14.4 Å². The van der Waals surface area contributed by atoms with Gasteiger partial charge in [-0.1, -0.05) is 30.3 Å². The van der Waals surface area contributed by atoms with E-state index in [9.17, 15) is 14.4 Å². The fourth-order valence-electron chi connectivity index (χ4n) is 4.23. The highest BCUT2D eigenvalue weighted by Gasteiger charge is 2.72. The first kappa shape index (κ1) is 18.5. The Morgan fingerprint density at radius 3 is 2.11 bits per heavy atom. The molecule has 1 aromatic rings. The molecule has 28 heavy (non-hydrogen) atoms. The van der Waals surface area contributed by atoms with Crippen LogP contribution in [0.2, 0.25) is 0 Å². The molecule has 3 aliphatic rings. The summed E-state index contributed by atoms with van der Waals surface area (Å²) in [5.74, 6) is -1.86. The summed E-state index contributed by atoms with van der Waals surface area (Å²) >= 11 is 0. The molecule has 0 spiro atoms. The van der Waals surface area contributed by atoms with E-state index in [-0.39, 0.29) is 12.6 Å². The third-order valence-corrected chi connectivity index (χ3v) is 5.62. The number of methoxy groups -OCH3 is 2. The summed E-state index contributed by atoms with van der Waals surface area (Å²) in [6.45, 7) is 2.04. The van der Waals surface area contributed by atoms with E-state index in [1.54, 1.807) is 6.92 Å². The number of esters is 3. The summed E-state index contributed by atoms with van der Waals surface area (Å²) in [5.41, 5.74) is 2.00. The average Bonchev–Trinajstić information content (AvgIpc) is 3.59. The monoisotopic (exact) mass is 382 g/mol. The minimum absolute atomic E-state index is 0.282. The summed E-state index contributed by atoms with van der Waals surface area (Å²) in [4.78, 5) is 38.1. The average molecular weight is 382 g/mol. The van der Waals surface area contributed by atoms with Crippen LogP contribution < -0.4 is 0 Å². The predicted molar refractivity (Wildman–Crippen MR) is 99.7 cm³/mol. The lowest BCUT2D eigenvalue weighted by atomic mass is 9.93. The second-order valence-corrected chi connectivity index (χ2v) is 7.18. The third kappa shape index (κ3) is 2.51. The van der Waals surface area contributed by atoms with Gasteiger partial charge in [-0.15, -0.1) is 0 Å². The minimum Gasteiger partial charge on any atom is -0.468 e. The zero-order valence-electron chi connectivity index (χ0n) is 16.1. The molecule has 0 aromatic heterocycles. The molecular weight excluding hydrogens is 360 g/mol. The standard InChI is InChI=1S/C22H22O6/c1-4-28-19(23)16-14(12-10-11-12)15(16)18-17(13-8-6-5-7-9-13)22(18,20(24)26-2)21(25)27-3/h5-9,12,16H,4,10-11H2,1-3H3. The van der Waals surface area contributed by atoms with Gasteiger partial charge in [0.05, 0.1) is 20.8 Å². The third-order valence-electron chi connectivity index (χ3n) is 5.62. The van der Waals surface area contributed by atoms with Crippen molar-refractivity contribution in [1.82, 2.24) is 0 Å². The maximum atomic E-state index is 12.8. The highest BCUT2D eigenvalue weighted by Crippen LogP contribution is 2.70. The summed E-state index contributed by atoms with van der Waals surface area (Å²) in [6, 6.07) is 9.20. The number of benzene rings is 1. The first-order valence-corrected chi connectivity index (χ1v) is 9.42. The van der Waals surface area contributed by atoms with Crippen LogP contribution in [0.25, 0.3) is 5.57 Å².